The van der Waals surface area contributed by atoms with Crippen LogP contribution in [-0.2, 0) is 14.3 Å². The largest absolute Gasteiger partial charge is 0.480 e. The highest BCUT2D eigenvalue weighted by molar-refractivity contribution is 6.01. The summed E-state index contributed by atoms with van der Waals surface area (Å²) in [4.78, 5) is 26.0. The summed E-state index contributed by atoms with van der Waals surface area (Å²) in [5.41, 5.74) is 1.39. The Bertz CT molecular complexity index is 607. The van der Waals surface area contributed by atoms with Crippen LogP contribution in [0.25, 0.3) is 10.9 Å². The number of carbonyl (C=O) groups excluding carboxylic acids is 1. The highest BCUT2D eigenvalue weighted by Crippen LogP contribution is 2.20. The molecular weight excluding hydrogens is 248 g/mol. The number of nitrogens with one attached hydrogen (secondary N) is 1. The molecule has 2 N–H and O–H groups in total. The number of aromatic nitrogens is 1. The summed E-state index contributed by atoms with van der Waals surface area (Å²) in [6.07, 6.45) is 1.67. The van der Waals surface area contributed by atoms with Crippen molar-refractivity contribution < 1.29 is 19.4 Å². The lowest BCUT2D eigenvalue weighted by Crippen LogP contribution is -2.20. The van der Waals surface area contributed by atoms with Crippen LogP contribution in [0.3, 0.4) is 0 Å². The highest BCUT2D eigenvalue weighted by atomic mass is 16.5. The van der Waals surface area contributed by atoms with Gasteiger partial charge in [-0.25, -0.2) is 4.79 Å². The minimum Gasteiger partial charge on any atom is -0.480 e. The summed E-state index contributed by atoms with van der Waals surface area (Å²) in [5, 5.41) is 11.9. The normalized spacial score (nSPS) is 10.3. The van der Waals surface area contributed by atoms with Crippen molar-refractivity contribution >= 4 is 28.5 Å². The number of amides is 1. The third kappa shape index (κ3) is 3.49. The van der Waals surface area contributed by atoms with E-state index in [-0.39, 0.29) is 6.61 Å². The highest BCUT2D eigenvalue weighted by Gasteiger charge is 2.07. The van der Waals surface area contributed by atoms with E-state index < -0.39 is 18.5 Å². The molecular formula is C13H12N2O4. The van der Waals surface area contributed by atoms with E-state index in [9.17, 15) is 9.59 Å². The molecule has 0 saturated heterocycles. The maximum Gasteiger partial charge on any atom is 0.329 e. The van der Waals surface area contributed by atoms with Crippen LogP contribution in [0.15, 0.2) is 36.5 Å². The Morgan fingerprint density at radius 2 is 2.05 bits per heavy atom. The van der Waals surface area contributed by atoms with Crippen molar-refractivity contribution in [2.75, 3.05) is 18.5 Å². The number of nitrogens with zero attached hydrogens (tertiary/aromatic N) is 1. The van der Waals surface area contributed by atoms with Crippen LogP contribution in [0.4, 0.5) is 5.69 Å². The van der Waals surface area contributed by atoms with E-state index in [2.05, 4.69) is 10.3 Å². The average Bonchev–Trinajstić information content (AvgIpc) is 2.39. The van der Waals surface area contributed by atoms with E-state index in [1.54, 1.807) is 24.4 Å². The first-order valence-corrected chi connectivity index (χ1v) is 5.60. The topological polar surface area (TPSA) is 88.5 Å². The molecule has 2 rings (SSSR count). The Labute approximate surface area is 109 Å². The molecule has 1 aromatic heterocycles. The maximum atomic E-state index is 11.6. The molecule has 0 saturated carbocycles. The Morgan fingerprint density at radius 1 is 1.21 bits per heavy atom. The predicted octanol–water partition coefficient (Wildman–Crippen LogP) is 1.27. The number of aliphatic carboxylic acids is 1. The molecule has 6 nitrogen and oxygen atoms in total. The number of benzene rings is 1. The zero-order valence-electron chi connectivity index (χ0n) is 10.00. The van der Waals surface area contributed by atoms with Gasteiger partial charge in [0.05, 0.1) is 11.2 Å². The molecule has 6 heteroatoms. The van der Waals surface area contributed by atoms with Gasteiger partial charge in [0.2, 0.25) is 5.91 Å². The van der Waals surface area contributed by atoms with Crippen LogP contribution in [0.2, 0.25) is 0 Å². The minimum absolute atomic E-state index is 0.303. The van der Waals surface area contributed by atoms with Crippen molar-refractivity contribution in [2.24, 2.45) is 0 Å². The summed E-state index contributed by atoms with van der Waals surface area (Å²) >= 11 is 0. The molecule has 98 valence electrons. The Morgan fingerprint density at radius 3 is 2.84 bits per heavy atom. The Kier molecular flexibility index (Phi) is 4.04. The summed E-state index contributed by atoms with van der Waals surface area (Å²) < 4.78 is 4.71. The van der Waals surface area contributed by atoms with Gasteiger partial charge in [-0.15, -0.1) is 0 Å². The van der Waals surface area contributed by atoms with Crippen LogP contribution >= 0.6 is 0 Å². The molecule has 0 spiro atoms. The van der Waals surface area contributed by atoms with Crippen LogP contribution in [-0.4, -0.2) is 35.2 Å². The number of rotatable bonds is 5. The predicted molar refractivity (Wildman–Crippen MR) is 68.8 cm³/mol. The van der Waals surface area contributed by atoms with Crippen molar-refractivity contribution in [3.05, 3.63) is 36.5 Å². The molecule has 19 heavy (non-hydrogen) atoms. The summed E-state index contributed by atoms with van der Waals surface area (Å²) in [7, 11) is 0. The van der Waals surface area contributed by atoms with Crippen molar-refractivity contribution in [3.8, 4) is 0 Å². The average molecular weight is 260 g/mol. The number of ether oxygens (including phenoxy) is 1. The van der Waals surface area contributed by atoms with Gasteiger partial charge in [0, 0.05) is 11.6 Å². The SMILES string of the molecule is O=C(O)COCC(=O)Nc1cccc2ncccc12. The van der Waals surface area contributed by atoms with Crippen molar-refractivity contribution in [1.29, 1.82) is 0 Å². The molecule has 0 unspecified atom stereocenters. The second-order valence-corrected chi connectivity index (χ2v) is 3.81. The van der Waals surface area contributed by atoms with Crippen LogP contribution in [0, 0.1) is 0 Å². The maximum absolute atomic E-state index is 11.6. The van der Waals surface area contributed by atoms with Crippen LogP contribution in [0.5, 0.6) is 0 Å². The summed E-state index contributed by atoms with van der Waals surface area (Å²) in [6, 6.07) is 8.99. The lowest BCUT2D eigenvalue weighted by Gasteiger charge is -2.08. The van der Waals surface area contributed by atoms with Gasteiger partial charge in [-0.3, -0.25) is 9.78 Å². The standard InChI is InChI=1S/C13H12N2O4/c16-12(7-19-8-13(17)18)15-11-5-1-4-10-9(11)3-2-6-14-10/h1-6H,7-8H2,(H,15,16)(H,17,18). The second-order valence-electron chi connectivity index (χ2n) is 3.81. The lowest BCUT2D eigenvalue weighted by molar-refractivity contribution is -0.143. The van der Waals surface area contributed by atoms with Crippen molar-refractivity contribution in [2.45, 2.75) is 0 Å². The minimum atomic E-state index is -1.11. The molecule has 2 aromatic rings. The van der Waals surface area contributed by atoms with Gasteiger partial charge in [0.15, 0.2) is 0 Å². The molecule has 0 aliphatic carbocycles. The zero-order valence-corrected chi connectivity index (χ0v) is 10.00. The van der Waals surface area contributed by atoms with Crippen molar-refractivity contribution in [1.82, 2.24) is 4.98 Å². The molecule has 1 amide bonds. The molecule has 0 atom stereocenters. The number of anilines is 1. The molecule has 1 aromatic carbocycles. The first-order valence-electron chi connectivity index (χ1n) is 5.60. The first-order chi connectivity index (χ1) is 9.16. The number of carbonyl (C=O) groups is 2. The Hall–Kier alpha value is -2.47. The third-order valence-electron chi connectivity index (χ3n) is 2.38. The fraction of sp³-hybridized carbons (Fsp3) is 0.154. The zero-order chi connectivity index (χ0) is 13.7. The summed E-state index contributed by atoms with van der Waals surface area (Å²) in [5.74, 6) is -1.51. The number of hydrogen-bond acceptors (Lipinski definition) is 4. The smallest absolute Gasteiger partial charge is 0.329 e. The van der Waals surface area contributed by atoms with E-state index in [4.69, 9.17) is 9.84 Å². The van der Waals surface area contributed by atoms with Gasteiger partial charge in [-0.2, -0.15) is 0 Å². The van der Waals surface area contributed by atoms with Gasteiger partial charge in [0.25, 0.3) is 0 Å². The van der Waals surface area contributed by atoms with E-state index in [0.717, 1.165) is 10.9 Å². The van der Waals surface area contributed by atoms with Crippen LogP contribution in [0.1, 0.15) is 0 Å². The lowest BCUT2D eigenvalue weighted by atomic mass is 10.2. The number of pyridine rings is 1. The fourth-order valence-corrected chi connectivity index (χ4v) is 1.63. The van der Waals surface area contributed by atoms with Gasteiger partial charge in [-0.05, 0) is 24.3 Å². The van der Waals surface area contributed by atoms with Gasteiger partial charge in [-0.1, -0.05) is 6.07 Å². The number of carboxylic acid groups (broad SMARTS) is 1. The molecule has 0 aliphatic rings. The number of hydrogen-bond donors (Lipinski definition) is 2. The quantitative estimate of drug-likeness (QED) is 0.845. The number of fused-ring (bicyclic) bond motifs is 1. The second kappa shape index (κ2) is 5.92. The molecule has 1 heterocycles. The third-order valence-corrected chi connectivity index (χ3v) is 2.38. The van der Waals surface area contributed by atoms with Gasteiger partial charge in [0.1, 0.15) is 13.2 Å². The Balaban J connectivity index is 2.05. The number of carboxylic acids is 1. The van der Waals surface area contributed by atoms with Gasteiger partial charge >= 0.3 is 5.97 Å². The molecule has 0 radical (unpaired) electrons. The molecule has 0 aliphatic heterocycles. The fourth-order valence-electron chi connectivity index (χ4n) is 1.63. The van der Waals surface area contributed by atoms with E-state index >= 15 is 0 Å². The van der Waals surface area contributed by atoms with Crippen molar-refractivity contribution in [3.63, 3.8) is 0 Å². The van der Waals surface area contributed by atoms with E-state index in [1.165, 1.54) is 0 Å². The van der Waals surface area contributed by atoms with Crippen LogP contribution < -0.4 is 5.32 Å². The van der Waals surface area contributed by atoms with Gasteiger partial charge < -0.3 is 15.2 Å². The first kappa shape index (κ1) is 13.0. The monoisotopic (exact) mass is 260 g/mol. The van der Waals surface area contributed by atoms with E-state index in [0.29, 0.717) is 5.69 Å². The summed E-state index contributed by atoms with van der Waals surface area (Å²) in [6.45, 7) is -0.798. The van der Waals surface area contributed by atoms with E-state index in [1.807, 2.05) is 12.1 Å². The molecule has 0 fully saturated rings. The molecule has 0 bridgehead atoms.